The lowest BCUT2D eigenvalue weighted by molar-refractivity contribution is -0.118. The minimum atomic E-state index is -0.591. The van der Waals surface area contributed by atoms with Gasteiger partial charge in [-0.3, -0.25) is 9.59 Å². The predicted octanol–water partition coefficient (Wildman–Crippen LogP) is 1.01. The van der Waals surface area contributed by atoms with E-state index in [2.05, 4.69) is 5.10 Å². The van der Waals surface area contributed by atoms with Crippen molar-refractivity contribution in [1.29, 1.82) is 0 Å². The van der Waals surface area contributed by atoms with Gasteiger partial charge in [0.15, 0.2) is 0 Å². The molecular weight excluding hydrogens is 242 g/mol. The highest BCUT2D eigenvalue weighted by atomic mass is 16.2. The van der Waals surface area contributed by atoms with Crippen molar-refractivity contribution >= 4 is 5.91 Å². The Balaban J connectivity index is 2.48. The second-order valence-electron chi connectivity index (χ2n) is 4.48. The van der Waals surface area contributed by atoms with Crippen LogP contribution >= 0.6 is 0 Å². The van der Waals surface area contributed by atoms with Gasteiger partial charge in [-0.1, -0.05) is 12.1 Å². The van der Waals surface area contributed by atoms with Gasteiger partial charge in [-0.25, -0.2) is 4.68 Å². The Labute approximate surface area is 110 Å². The van der Waals surface area contributed by atoms with Crippen LogP contribution in [0.5, 0.6) is 0 Å². The molecule has 1 heterocycles. The molecule has 0 atom stereocenters. The smallest absolute Gasteiger partial charge is 0.267 e. The number of carbonyl (C=O) groups is 1. The Morgan fingerprint density at radius 1 is 1.21 bits per heavy atom. The maximum absolute atomic E-state index is 11.6. The minimum Gasteiger partial charge on any atom is -0.368 e. The van der Waals surface area contributed by atoms with Gasteiger partial charge in [0.25, 0.3) is 5.56 Å². The molecule has 0 spiro atoms. The largest absolute Gasteiger partial charge is 0.368 e. The number of aromatic nitrogens is 2. The Morgan fingerprint density at radius 2 is 1.95 bits per heavy atom. The van der Waals surface area contributed by atoms with Crippen molar-refractivity contribution < 1.29 is 4.79 Å². The SMILES string of the molecule is Cc1ccc(-c2ccc(=O)n(CC(N)=O)n2)cc1C. The Bertz CT molecular complexity index is 689. The van der Waals surface area contributed by atoms with E-state index in [1.807, 2.05) is 32.0 Å². The predicted molar refractivity (Wildman–Crippen MR) is 72.6 cm³/mol. The van der Waals surface area contributed by atoms with Crippen LogP contribution in [0.25, 0.3) is 11.3 Å². The Hall–Kier alpha value is -2.43. The number of primary amides is 1. The van der Waals surface area contributed by atoms with E-state index >= 15 is 0 Å². The molecule has 5 heteroatoms. The zero-order chi connectivity index (χ0) is 14.0. The van der Waals surface area contributed by atoms with E-state index in [1.165, 1.54) is 11.6 Å². The molecule has 0 bridgehead atoms. The molecule has 5 nitrogen and oxygen atoms in total. The first-order chi connectivity index (χ1) is 8.97. The number of rotatable bonds is 3. The summed E-state index contributed by atoms with van der Waals surface area (Å²) in [6.45, 7) is 3.83. The summed E-state index contributed by atoms with van der Waals surface area (Å²) in [6, 6.07) is 8.96. The maximum Gasteiger partial charge on any atom is 0.267 e. The number of aryl methyl sites for hydroxylation is 2. The molecule has 0 fully saturated rings. The quantitative estimate of drug-likeness (QED) is 0.891. The van der Waals surface area contributed by atoms with E-state index in [1.54, 1.807) is 6.07 Å². The van der Waals surface area contributed by atoms with E-state index in [9.17, 15) is 9.59 Å². The summed E-state index contributed by atoms with van der Waals surface area (Å²) in [7, 11) is 0. The fourth-order valence-electron chi connectivity index (χ4n) is 1.76. The van der Waals surface area contributed by atoms with Gasteiger partial charge in [0, 0.05) is 11.6 Å². The summed E-state index contributed by atoms with van der Waals surface area (Å²) in [5, 5.41) is 4.16. The van der Waals surface area contributed by atoms with E-state index in [4.69, 9.17) is 5.73 Å². The second kappa shape index (κ2) is 5.06. The van der Waals surface area contributed by atoms with Crippen LogP contribution in [0.3, 0.4) is 0 Å². The summed E-state index contributed by atoms with van der Waals surface area (Å²) in [6.07, 6.45) is 0. The van der Waals surface area contributed by atoms with Crippen LogP contribution < -0.4 is 11.3 Å². The Kier molecular flexibility index (Phi) is 3.46. The van der Waals surface area contributed by atoms with Gasteiger partial charge in [-0.15, -0.1) is 0 Å². The van der Waals surface area contributed by atoms with Crippen molar-refractivity contribution in [3.8, 4) is 11.3 Å². The molecule has 0 aliphatic rings. The molecule has 2 aromatic rings. The van der Waals surface area contributed by atoms with Crippen molar-refractivity contribution in [2.24, 2.45) is 5.73 Å². The maximum atomic E-state index is 11.6. The van der Waals surface area contributed by atoms with Crippen LogP contribution in [0.4, 0.5) is 0 Å². The van der Waals surface area contributed by atoms with Crippen LogP contribution in [0.1, 0.15) is 11.1 Å². The lowest BCUT2D eigenvalue weighted by Gasteiger charge is -2.07. The number of nitrogens with zero attached hydrogens (tertiary/aromatic N) is 2. The molecule has 0 saturated carbocycles. The second-order valence-corrected chi connectivity index (χ2v) is 4.48. The topological polar surface area (TPSA) is 78.0 Å². The number of hydrogen-bond donors (Lipinski definition) is 1. The van der Waals surface area contributed by atoms with Gasteiger partial charge >= 0.3 is 0 Å². The molecule has 19 heavy (non-hydrogen) atoms. The Morgan fingerprint density at radius 3 is 2.58 bits per heavy atom. The number of amides is 1. The number of carbonyl (C=O) groups excluding carboxylic acids is 1. The zero-order valence-electron chi connectivity index (χ0n) is 10.9. The van der Waals surface area contributed by atoms with Crippen LogP contribution in [0, 0.1) is 13.8 Å². The molecule has 0 unspecified atom stereocenters. The monoisotopic (exact) mass is 257 g/mol. The third kappa shape index (κ3) is 2.88. The highest BCUT2D eigenvalue weighted by molar-refractivity contribution is 5.73. The molecule has 0 aliphatic carbocycles. The summed E-state index contributed by atoms with van der Waals surface area (Å²) >= 11 is 0. The first kappa shape index (κ1) is 13.0. The normalized spacial score (nSPS) is 10.4. The van der Waals surface area contributed by atoms with Crippen molar-refractivity contribution in [1.82, 2.24) is 9.78 Å². The van der Waals surface area contributed by atoms with Gasteiger partial charge in [0.05, 0.1) is 5.69 Å². The number of hydrogen-bond acceptors (Lipinski definition) is 3. The highest BCUT2D eigenvalue weighted by Crippen LogP contribution is 2.19. The third-order valence-corrected chi connectivity index (χ3v) is 2.97. The summed E-state index contributed by atoms with van der Waals surface area (Å²) in [5.74, 6) is -0.591. The van der Waals surface area contributed by atoms with Crippen molar-refractivity contribution in [2.75, 3.05) is 0 Å². The van der Waals surface area contributed by atoms with Gasteiger partial charge in [-0.05, 0) is 37.1 Å². The number of benzene rings is 1. The van der Waals surface area contributed by atoms with Crippen molar-refractivity contribution in [3.05, 3.63) is 51.8 Å². The summed E-state index contributed by atoms with van der Waals surface area (Å²) < 4.78 is 1.08. The highest BCUT2D eigenvalue weighted by Gasteiger charge is 2.06. The lowest BCUT2D eigenvalue weighted by atomic mass is 10.0. The summed E-state index contributed by atoms with van der Waals surface area (Å²) in [4.78, 5) is 22.4. The van der Waals surface area contributed by atoms with Gasteiger partial charge in [0.1, 0.15) is 6.54 Å². The van der Waals surface area contributed by atoms with Gasteiger partial charge in [-0.2, -0.15) is 5.10 Å². The lowest BCUT2D eigenvalue weighted by Crippen LogP contribution is -2.29. The van der Waals surface area contributed by atoms with E-state index in [-0.39, 0.29) is 12.1 Å². The van der Waals surface area contributed by atoms with Gasteiger partial charge < -0.3 is 5.73 Å². The average molecular weight is 257 g/mol. The molecule has 98 valence electrons. The minimum absolute atomic E-state index is 0.211. The molecule has 0 radical (unpaired) electrons. The van der Waals surface area contributed by atoms with Crippen molar-refractivity contribution in [3.63, 3.8) is 0 Å². The molecule has 2 N–H and O–H groups in total. The zero-order valence-corrected chi connectivity index (χ0v) is 10.9. The summed E-state index contributed by atoms with van der Waals surface area (Å²) in [5.41, 5.74) is 8.63. The molecule has 0 aliphatic heterocycles. The first-order valence-electron chi connectivity index (χ1n) is 5.91. The molecule has 1 amide bonds. The average Bonchev–Trinajstić information content (AvgIpc) is 2.35. The fraction of sp³-hybridized carbons (Fsp3) is 0.214. The fourth-order valence-corrected chi connectivity index (χ4v) is 1.76. The first-order valence-corrected chi connectivity index (χ1v) is 5.91. The van der Waals surface area contributed by atoms with Crippen LogP contribution in [0.15, 0.2) is 35.1 Å². The molecular formula is C14H15N3O2. The third-order valence-electron chi connectivity index (χ3n) is 2.97. The van der Waals surface area contributed by atoms with Crippen LogP contribution in [0.2, 0.25) is 0 Å². The van der Waals surface area contributed by atoms with Crippen LogP contribution in [-0.4, -0.2) is 15.7 Å². The van der Waals surface area contributed by atoms with Gasteiger partial charge in [0.2, 0.25) is 5.91 Å². The van der Waals surface area contributed by atoms with E-state index in [0.717, 1.165) is 15.8 Å². The molecule has 0 saturated heterocycles. The molecule has 2 rings (SSSR count). The van der Waals surface area contributed by atoms with Crippen molar-refractivity contribution in [2.45, 2.75) is 20.4 Å². The van der Waals surface area contributed by atoms with E-state index in [0.29, 0.717) is 5.69 Å². The molecule has 1 aromatic carbocycles. The number of nitrogens with two attached hydrogens (primary N) is 1. The standard InChI is InChI=1S/C14H15N3O2/c1-9-3-4-11(7-10(9)2)12-5-6-14(19)17(16-12)8-13(15)18/h3-7H,8H2,1-2H3,(H2,15,18). The van der Waals surface area contributed by atoms with Crippen LogP contribution in [-0.2, 0) is 11.3 Å². The van der Waals surface area contributed by atoms with E-state index < -0.39 is 5.91 Å². The molecule has 1 aromatic heterocycles.